The van der Waals surface area contributed by atoms with Gasteiger partial charge in [0, 0.05) is 50.2 Å². The van der Waals surface area contributed by atoms with E-state index in [1.54, 1.807) is 30.0 Å². The lowest BCUT2D eigenvalue weighted by atomic mass is 9.67. The summed E-state index contributed by atoms with van der Waals surface area (Å²) in [6.45, 7) is 1.36. The van der Waals surface area contributed by atoms with Crippen molar-refractivity contribution in [2.75, 3.05) is 20.3 Å². The summed E-state index contributed by atoms with van der Waals surface area (Å²) in [5.74, 6) is 0.967. The van der Waals surface area contributed by atoms with Crippen LogP contribution in [-0.2, 0) is 9.47 Å². The number of carbonyl (C=O) groups excluding carboxylic acids is 1. The van der Waals surface area contributed by atoms with E-state index >= 15 is 0 Å². The number of aromatic nitrogens is 3. The number of rotatable bonds is 4. The maximum atomic E-state index is 12.5. The molecule has 1 aliphatic carbocycles. The fourth-order valence-electron chi connectivity index (χ4n) is 3.60. The summed E-state index contributed by atoms with van der Waals surface area (Å²) in [7, 11) is 1.68. The van der Waals surface area contributed by atoms with Gasteiger partial charge in [-0.3, -0.25) is 9.20 Å². The third kappa shape index (κ3) is 2.08. The van der Waals surface area contributed by atoms with Crippen LogP contribution >= 0.6 is 0 Å². The average Bonchev–Trinajstić information content (AvgIpc) is 3.14. The van der Waals surface area contributed by atoms with Crippen LogP contribution in [0.15, 0.2) is 24.7 Å². The van der Waals surface area contributed by atoms with E-state index in [1.807, 2.05) is 6.20 Å². The zero-order valence-electron chi connectivity index (χ0n) is 12.3. The summed E-state index contributed by atoms with van der Waals surface area (Å²) < 4.78 is 12.7. The molecular formula is C15H18N4O3. The fourth-order valence-corrected chi connectivity index (χ4v) is 3.60. The predicted molar refractivity (Wildman–Crippen MR) is 77.5 cm³/mol. The lowest BCUT2D eigenvalue weighted by molar-refractivity contribution is -0.0810. The van der Waals surface area contributed by atoms with E-state index in [1.165, 1.54) is 0 Å². The first-order chi connectivity index (χ1) is 10.8. The van der Waals surface area contributed by atoms with E-state index in [0.717, 1.165) is 13.0 Å². The second-order valence-corrected chi connectivity index (χ2v) is 5.86. The van der Waals surface area contributed by atoms with E-state index in [0.29, 0.717) is 24.0 Å². The minimum atomic E-state index is -0.165. The first-order valence-corrected chi connectivity index (χ1v) is 7.49. The third-order valence-corrected chi connectivity index (χ3v) is 4.65. The summed E-state index contributed by atoms with van der Waals surface area (Å²) in [5, 5.41) is 3.10. The van der Waals surface area contributed by atoms with Gasteiger partial charge in [-0.2, -0.15) is 0 Å². The van der Waals surface area contributed by atoms with Crippen molar-refractivity contribution in [3.8, 4) is 0 Å². The molecule has 2 aromatic rings. The first-order valence-electron chi connectivity index (χ1n) is 7.49. The Balaban J connectivity index is 1.51. The molecule has 1 N–H and O–H groups in total. The number of ether oxygens (including phenoxy) is 2. The zero-order chi connectivity index (χ0) is 15.1. The second-order valence-electron chi connectivity index (χ2n) is 5.86. The van der Waals surface area contributed by atoms with Gasteiger partial charge in [-0.15, -0.1) is 0 Å². The number of hydrogen-bond acceptors (Lipinski definition) is 5. The van der Waals surface area contributed by atoms with Crippen LogP contribution in [-0.4, -0.2) is 52.7 Å². The summed E-state index contributed by atoms with van der Waals surface area (Å²) in [4.78, 5) is 20.8. The molecule has 0 spiro atoms. The number of nitrogens with one attached hydrogen (secondary N) is 1. The van der Waals surface area contributed by atoms with Gasteiger partial charge >= 0.3 is 0 Å². The van der Waals surface area contributed by atoms with Crippen LogP contribution in [0.5, 0.6) is 0 Å². The standard InChI is InChI=1S/C15H18N4O3/c1-21-8-10-12(9-3-6-22-13(9)10)18-14(20)11-7-19-5-2-4-16-15(19)17-11/h2,4-5,7,9-10,12-13H,3,6,8H2,1H3,(H,18,20)/t9-,10-,12-,13-/m0/s1. The molecule has 0 bridgehead atoms. The molecule has 7 heteroatoms. The molecule has 1 saturated carbocycles. The van der Waals surface area contributed by atoms with E-state index in [9.17, 15) is 4.79 Å². The van der Waals surface area contributed by atoms with Crippen molar-refractivity contribution in [3.63, 3.8) is 0 Å². The SMILES string of the molecule is COC[C@H]1[C@@H](NC(=O)c2cn3cccnc3n2)[C@@H]2CCO[C@@H]21. The van der Waals surface area contributed by atoms with Crippen molar-refractivity contribution in [2.45, 2.75) is 18.6 Å². The van der Waals surface area contributed by atoms with Crippen molar-refractivity contribution >= 4 is 11.7 Å². The molecule has 4 atom stereocenters. The quantitative estimate of drug-likeness (QED) is 0.890. The number of hydrogen-bond donors (Lipinski definition) is 1. The van der Waals surface area contributed by atoms with Gasteiger partial charge in [0.1, 0.15) is 5.69 Å². The molecule has 116 valence electrons. The molecule has 1 aliphatic heterocycles. The van der Waals surface area contributed by atoms with Crippen LogP contribution in [0.1, 0.15) is 16.9 Å². The topological polar surface area (TPSA) is 77.8 Å². The van der Waals surface area contributed by atoms with Crippen LogP contribution in [0.2, 0.25) is 0 Å². The molecular weight excluding hydrogens is 284 g/mol. The van der Waals surface area contributed by atoms with E-state index in [-0.39, 0.29) is 24.0 Å². The summed E-state index contributed by atoms with van der Waals surface area (Å²) in [6.07, 6.45) is 6.38. The van der Waals surface area contributed by atoms with Crippen LogP contribution in [0.4, 0.5) is 0 Å². The molecule has 2 aliphatic rings. The summed E-state index contributed by atoms with van der Waals surface area (Å²) in [6, 6.07) is 1.90. The summed E-state index contributed by atoms with van der Waals surface area (Å²) in [5.41, 5.74) is 0.386. The Morgan fingerprint density at radius 1 is 1.59 bits per heavy atom. The van der Waals surface area contributed by atoms with Crippen molar-refractivity contribution in [1.82, 2.24) is 19.7 Å². The Labute approximate surface area is 127 Å². The largest absolute Gasteiger partial charge is 0.384 e. The first kappa shape index (κ1) is 13.7. The van der Waals surface area contributed by atoms with Gasteiger partial charge in [0.2, 0.25) is 5.78 Å². The Hall–Kier alpha value is -1.99. The average molecular weight is 302 g/mol. The Kier molecular flexibility index (Phi) is 3.31. The minimum Gasteiger partial charge on any atom is -0.384 e. The second kappa shape index (κ2) is 5.33. The van der Waals surface area contributed by atoms with Crippen LogP contribution in [0.25, 0.3) is 5.78 Å². The number of methoxy groups -OCH3 is 1. The Morgan fingerprint density at radius 3 is 3.32 bits per heavy atom. The highest BCUT2D eigenvalue weighted by molar-refractivity contribution is 5.93. The smallest absolute Gasteiger partial charge is 0.271 e. The molecule has 2 aromatic heterocycles. The van der Waals surface area contributed by atoms with E-state index in [2.05, 4.69) is 15.3 Å². The highest BCUT2D eigenvalue weighted by atomic mass is 16.5. The van der Waals surface area contributed by atoms with Gasteiger partial charge in [-0.05, 0) is 12.5 Å². The predicted octanol–water partition coefficient (Wildman–Crippen LogP) is 0.509. The number of fused-ring (bicyclic) bond motifs is 2. The molecule has 0 unspecified atom stereocenters. The monoisotopic (exact) mass is 302 g/mol. The molecule has 1 saturated heterocycles. The van der Waals surface area contributed by atoms with Crippen molar-refractivity contribution < 1.29 is 14.3 Å². The Bertz CT molecular complexity index is 668. The minimum absolute atomic E-state index is 0.0951. The molecule has 22 heavy (non-hydrogen) atoms. The molecule has 0 aromatic carbocycles. The number of nitrogens with zero attached hydrogens (tertiary/aromatic N) is 3. The van der Waals surface area contributed by atoms with Gasteiger partial charge in [0.05, 0.1) is 12.7 Å². The maximum Gasteiger partial charge on any atom is 0.271 e. The van der Waals surface area contributed by atoms with Gasteiger partial charge < -0.3 is 14.8 Å². The molecule has 3 heterocycles. The van der Waals surface area contributed by atoms with E-state index < -0.39 is 0 Å². The number of imidazole rings is 1. The number of amides is 1. The molecule has 0 radical (unpaired) electrons. The van der Waals surface area contributed by atoms with E-state index in [4.69, 9.17) is 9.47 Å². The van der Waals surface area contributed by atoms with Crippen molar-refractivity contribution in [3.05, 3.63) is 30.4 Å². The van der Waals surface area contributed by atoms with Crippen molar-refractivity contribution in [1.29, 1.82) is 0 Å². The van der Waals surface area contributed by atoms with Gasteiger partial charge in [-0.25, -0.2) is 9.97 Å². The van der Waals surface area contributed by atoms with Crippen LogP contribution < -0.4 is 5.32 Å². The lowest BCUT2D eigenvalue weighted by Crippen LogP contribution is -2.62. The molecule has 4 rings (SSSR count). The lowest BCUT2D eigenvalue weighted by Gasteiger charge is -2.47. The van der Waals surface area contributed by atoms with Crippen LogP contribution in [0, 0.1) is 11.8 Å². The third-order valence-electron chi connectivity index (χ3n) is 4.65. The molecule has 2 fully saturated rings. The summed E-state index contributed by atoms with van der Waals surface area (Å²) >= 11 is 0. The molecule has 1 amide bonds. The zero-order valence-corrected chi connectivity index (χ0v) is 12.3. The van der Waals surface area contributed by atoms with Gasteiger partial charge in [0.25, 0.3) is 5.91 Å². The fraction of sp³-hybridized carbons (Fsp3) is 0.533. The maximum absolute atomic E-state index is 12.5. The van der Waals surface area contributed by atoms with Gasteiger partial charge in [0.15, 0.2) is 0 Å². The molecule has 7 nitrogen and oxygen atoms in total. The van der Waals surface area contributed by atoms with Crippen LogP contribution in [0.3, 0.4) is 0 Å². The van der Waals surface area contributed by atoms with Crippen molar-refractivity contribution in [2.24, 2.45) is 11.8 Å². The highest BCUT2D eigenvalue weighted by Gasteiger charge is 2.54. The highest BCUT2D eigenvalue weighted by Crippen LogP contribution is 2.43. The normalized spacial score (nSPS) is 30.0. The van der Waals surface area contributed by atoms with Gasteiger partial charge in [-0.1, -0.05) is 0 Å². The Morgan fingerprint density at radius 2 is 2.50 bits per heavy atom. The number of carbonyl (C=O) groups is 1.